The lowest BCUT2D eigenvalue weighted by Crippen LogP contribution is -2.30. The van der Waals surface area contributed by atoms with Crippen molar-refractivity contribution in [2.24, 2.45) is 0 Å². The van der Waals surface area contributed by atoms with Gasteiger partial charge in [0.1, 0.15) is 0 Å². The lowest BCUT2D eigenvalue weighted by molar-refractivity contribution is 0.0986. The van der Waals surface area contributed by atoms with Crippen LogP contribution in [0, 0.1) is 0 Å². The van der Waals surface area contributed by atoms with Crippen LogP contribution in [0.4, 0.5) is 5.69 Å². The Kier molecular flexibility index (Phi) is 3.82. The van der Waals surface area contributed by atoms with Gasteiger partial charge in [-0.05, 0) is 36.2 Å². The zero-order valence-corrected chi connectivity index (χ0v) is 14.3. The quantitative estimate of drug-likeness (QED) is 0.805. The van der Waals surface area contributed by atoms with Gasteiger partial charge in [0, 0.05) is 23.0 Å². The molecule has 0 spiro atoms. The van der Waals surface area contributed by atoms with Gasteiger partial charge in [-0.15, -0.1) is 0 Å². The van der Waals surface area contributed by atoms with Crippen LogP contribution in [-0.2, 0) is 16.3 Å². The number of anilines is 1. The van der Waals surface area contributed by atoms with Gasteiger partial charge in [0.15, 0.2) is 9.84 Å². The maximum Gasteiger partial charge on any atom is 0.259 e. The number of rotatable bonds is 2. The molecule has 0 saturated heterocycles. The smallest absolute Gasteiger partial charge is 0.259 e. The fourth-order valence-electron chi connectivity index (χ4n) is 2.68. The van der Waals surface area contributed by atoms with E-state index in [0.717, 1.165) is 28.4 Å². The maximum absolute atomic E-state index is 12.8. The largest absolute Gasteiger partial charge is 0.308 e. The molecule has 2 aromatic rings. The van der Waals surface area contributed by atoms with Crippen molar-refractivity contribution >= 4 is 37.4 Å². The molecular formula is C16H14BrNO3S. The molecule has 0 saturated carbocycles. The van der Waals surface area contributed by atoms with Crippen LogP contribution >= 0.6 is 15.9 Å². The summed E-state index contributed by atoms with van der Waals surface area (Å²) in [5.41, 5.74) is 2.15. The summed E-state index contributed by atoms with van der Waals surface area (Å²) in [6, 6.07) is 12.2. The van der Waals surface area contributed by atoms with Gasteiger partial charge >= 0.3 is 0 Å². The highest BCUT2D eigenvalue weighted by molar-refractivity contribution is 9.10. The van der Waals surface area contributed by atoms with Gasteiger partial charge in [0.05, 0.1) is 10.5 Å². The number of hydrogen-bond acceptors (Lipinski definition) is 3. The molecule has 0 bridgehead atoms. The van der Waals surface area contributed by atoms with Gasteiger partial charge in [0.2, 0.25) is 0 Å². The average molecular weight is 380 g/mol. The standard InChI is InChI=1S/C16H14BrNO3S/c1-22(20,21)15-5-3-2-4-13(15)16(19)18-9-8-11-6-7-12(17)10-14(11)18/h2-7,10H,8-9H2,1H3. The van der Waals surface area contributed by atoms with E-state index >= 15 is 0 Å². The second-order valence-corrected chi connectivity index (χ2v) is 8.15. The molecule has 0 fully saturated rings. The van der Waals surface area contributed by atoms with Crippen LogP contribution in [0.15, 0.2) is 51.8 Å². The number of sulfone groups is 1. The molecule has 0 unspecified atom stereocenters. The van der Waals surface area contributed by atoms with Crippen molar-refractivity contribution in [3.8, 4) is 0 Å². The van der Waals surface area contributed by atoms with Gasteiger partial charge in [-0.2, -0.15) is 0 Å². The number of amides is 1. The van der Waals surface area contributed by atoms with Crippen LogP contribution in [-0.4, -0.2) is 27.1 Å². The SMILES string of the molecule is CS(=O)(=O)c1ccccc1C(=O)N1CCc2ccc(Br)cc21. The summed E-state index contributed by atoms with van der Waals surface area (Å²) in [6.07, 6.45) is 1.89. The van der Waals surface area contributed by atoms with E-state index in [4.69, 9.17) is 0 Å². The summed E-state index contributed by atoms with van der Waals surface area (Å²) in [4.78, 5) is 14.6. The Bertz CT molecular complexity index is 861. The molecule has 114 valence electrons. The van der Waals surface area contributed by atoms with Gasteiger partial charge in [0.25, 0.3) is 5.91 Å². The second kappa shape index (κ2) is 5.52. The van der Waals surface area contributed by atoms with E-state index in [9.17, 15) is 13.2 Å². The molecule has 1 aliphatic heterocycles. The van der Waals surface area contributed by atoms with Crippen molar-refractivity contribution in [3.05, 3.63) is 58.1 Å². The lowest BCUT2D eigenvalue weighted by Gasteiger charge is -2.19. The molecule has 2 aromatic carbocycles. The maximum atomic E-state index is 12.8. The minimum atomic E-state index is -3.45. The first kappa shape index (κ1) is 15.2. The number of carbonyl (C=O) groups excluding carboxylic acids is 1. The van der Waals surface area contributed by atoms with Gasteiger partial charge in [-0.25, -0.2) is 8.42 Å². The summed E-state index contributed by atoms with van der Waals surface area (Å²) in [5.74, 6) is -0.280. The highest BCUT2D eigenvalue weighted by Crippen LogP contribution is 2.32. The fraction of sp³-hybridized carbons (Fsp3) is 0.188. The molecule has 4 nitrogen and oxygen atoms in total. The molecule has 22 heavy (non-hydrogen) atoms. The molecule has 0 radical (unpaired) electrons. The van der Waals surface area contributed by atoms with E-state index in [1.54, 1.807) is 23.1 Å². The van der Waals surface area contributed by atoms with Gasteiger partial charge in [-0.3, -0.25) is 4.79 Å². The van der Waals surface area contributed by atoms with Crippen molar-refractivity contribution in [1.29, 1.82) is 0 Å². The Morgan fingerprint density at radius 1 is 1.18 bits per heavy atom. The first-order chi connectivity index (χ1) is 10.4. The van der Waals surface area contributed by atoms with E-state index in [1.807, 2.05) is 18.2 Å². The molecule has 3 rings (SSSR count). The van der Waals surface area contributed by atoms with Crippen LogP contribution < -0.4 is 4.90 Å². The normalized spacial score (nSPS) is 14.0. The third kappa shape index (κ3) is 2.68. The molecule has 1 heterocycles. The van der Waals surface area contributed by atoms with E-state index in [2.05, 4.69) is 15.9 Å². The van der Waals surface area contributed by atoms with E-state index in [-0.39, 0.29) is 16.4 Å². The molecule has 1 amide bonds. The minimum Gasteiger partial charge on any atom is -0.308 e. The predicted molar refractivity (Wildman–Crippen MR) is 89.1 cm³/mol. The van der Waals surface area contributed by atoms with Crippen molar-refractivity contribution in [1.82, 2.24) is 0 Å². The molecule has 0 N–H and O–H groups in total. The van der Waals surface area contributed by atoms with Crippen LogP contribution in [0.5, 0.6) is 0 Å². The Labute approximate surface area is 137 Å². The monoisotopic (exact) mass is 379 g/mol. The summed E-state index contributed by atoms with van der Waals surface area (Å²) in [5, 5.41) is 0. The summed E-state index contributed by atoms with van der Waals surface area (Å²) in [7, 11) is -3.45. The number of carbonyl (C=O) groups is 1. The number of fused-ring (bicyclic) bond motifs is 1. The fourth-order valence-corrected chi connectivity index (χ4v) is 3.90. The third-order valence-corrected chi connectivity index (χ3v) is 5.35. The summed E-state index contributed by atoms with van der Waals surface area (Å²) in [6.45, 7) is 0.558. The first-order valence-corrected chi connectivity index (χ1v) is 9.46. The van der Waals surface area contributed by atoms with E-state index in [0.29, 0.717) is 6.54 Å². The predicted octanol–water partition coefficient (Wildman–Crippen LogP) is 3.06. The zero-order chi connectivity index (χ0) is 15.9. The van der Waals surface area contributed by atoms with Crippen molar-refractivity contribution in [3.63, 3.8) is 0 Å². The molecule has 0 atom stereocenters. The van der Waals surface area contributed by atoms with Crippen LogP contribution in [0.1, 0.15) is 15.9 Å². The number of benzene rings is 2. The van der Waals surface area contributed by atoms with Crippen LogP contribution in [0.3, 0.4) is 0 Å². The van der Waals surface area contributed by atoms with Crippen LogP contribution in [0.25, 0.3) is 0 Å². The summed E-state index contributed by atoms with van der Waals surface area (Å²) >= 11 is 3.41. The number of halogens is 1. The number of hydrogen-bond donors (Lipinski definition) is 0. The van der Waals surface area contributed by atoms with E-state index < -0.39 is 9.84 Å². The Morgan fingerprint density at radius 2 is 1.91 bits per heavy atom. The first-order valence-electron chi connectivity index (χ1n) is 6.77. The summed E-state index contributed by atoms with van der Waals surface area (Å²) < 4.78 is 24.7. The molecular weight excluding hydrogens is 366 g/mol. The van der Waals surface area contributed by atoms with Crippen molar-refractivity contribution in [2.75, 3.05) is 17.7 Å². The van der Waals surface area contributed by atoms with Gasteiger partial charge in [-0.1, -0.05) is 34.1 Å². The molecule has 1 aliphatic rings. The Hall–Kier alpha value is -1.66. The minimum absolute atomic E-state index is 0.0726. The molecule has 0 aromatic heterocycles. The molecule has 6 heteroatoms. The Morgan fingerprint density at radius 3 is 2.64 bits per heavy atom. The average Bonchev–Trinajstić information content (AvgIpc) is 2.88. The number of nitrogens with zero attached hydrogens (tertiary/aromatic N) is 1. The van der Waals surface area contributed by atoms with Crippen molar-refractivity contribution in [2.45, 2.75) is 11.3 Å². The third-order valence-electron chi connectivity index (χ3n) is 3.70. The van der Waals surface area contributed by atoms with E-state index in [1.165, 1.54) is 6.07 Å². The van der Waals surface area contributed by atoms with Crippen molar-refractivity contribution < 1.29 is 13.2 Å². The second-order valence-electron chi connectivity index (χ2n) is 5.25. The molecule has 0 aliphatic carbocycles. The van der Waals surface area contributed by atoms with Crippen LogP contribution in [0.2, 0.25) is 0 Å². The highest BCUT2D eigenvalue weighted by atomic mass is 79.9. The Balaban J connectivity index is 2.07. The lowest BCUT2D eigenvalue weighted by atomic mass is 10.1. The highest BCUT2D eigenvalue weighted by Gasteiger charge is 2.28. The zero-order valence-electron chi connectivity index (χ0n) is 11.9. The van der Waals surface area contributed by atoms with Gasteiger partial charge < -0.3 is 4.90 Å². The topological polar surface area (TPSA) is 54.5 Å².